The van der Waals surface area contributed by atoms with Crippen molar-refractivity contribution in [1.29, 1.82) is 0 Å². The van der Waals surface area contributed by atoms with Crippen molar-refractivity contribution in [1.82, 2.24) is 19.7 Å². The average molecular weight is 296 g/mol. The van der Waals surface area contributed by atoms with E-state index < -0.39 is 0 Å². The van der Waals surface area contributed by atoms with Gasteiger partial charge in [-0.15, -0.1) is 0 Å². The van der Waals surface area contributed by atoms with Crippen molar-refractivity contribution < 1.29 is 4.79 Å². The van der Waals surface area contributed by atoms with Crippen LogP contribution in [0.25, 0.3) is 0 Å². The lowest BCUT2D eigenvalue weighted by Crippen LogP contribution is -2.15. The zero-order valence-corrected chi connectivity index (χ0v) is 10.5. The van der Waals surface area contributed by atoms with Crippen LogP contribution in [0.3, 0.4) is 0 Å². The van der Waals surface area contributed by atoms with Crippen LogP contribution in [-0.4, -0.2) is 25.7 Å². The minimum Gasteiger partial charge on any atom is -0.311 e. The first-order chi connectivity index (χ1) is 8.24. The molecular weight excluding hydrogens is 286 g/mol. The highest BCUT2D eigenvalue weighted by molar-refractivity contribution is 9.10. The summed E-state index contributed by atoms with van der Waals surface area (Å²) in [6.07, 6.45) is 3.34. The Morgan fingerprint density at radius 2 is 2.35 bits per heavy atom. The number of nitrogens with zero attached hydrogens (tertiary/aromatic N) is 4. The van der Waals surface area contributed by atoms with Gasteiger partial charge in [-0.05, 0) is 28.1 Å². The summed E-state index contributed by atoms with van der Waals surface area (Å²) in [4.78, 5) is 19.5. The van der Waals surface area contributed by atoms with Gasteiger partial charge in [0.05, 0.1) is 6.54 Å². The third-order valence-corrected chi connectivity index (χ3v) is 2.46. The second-order valence-corrected chi connectivity index (χ2v) is 4.11. The van der Waals surface area contributed by atoms with Gasteiger partial charge in [-0.2, -0.15) is 5.10 Å². The zero-order chi connectivity index (χ0) is 12.1. The molecule has 0 radical (unpaired) electrons. The van der Waals surface area contributed by atoms with Gasteiger partial charge in [0, 0.05) is 6.42 Å². The number of pyridine rings is 1. The number of aromatic nitrogens is 4. The van der Waals surface area contributed by atoms with Crippen LogP contribution >= 0.6 is 15.9 Å². The number of rotatable bonds is 4. The number of aryl methyl sites for hydroxylation is 1. The molecule has 0 bridgehead atoms. The number of carbonyl (C=O) groups is 1. The molecule has 0 spiro atoms. The maximum Gasteiger partial charge on any atom is 0.227 e. The predicted octanol–water partition coefficient (Wildman–Crippen LogP) is 1.46. The molecule has 0 atom stereocenters. The van der Waals surface area contributed by atoms with E-state index >= 15 is 0 Å². The van der Waals surface area contributed by atoms with Gasteiger partial charge in [-0.3, -0.25) is 9.48 Å². The molecular formula is C10H10BrN5O. The lowest BCUT2D eigenvalue weighted by molar-refractivity contribution is -0.116. The van der Waals surface area contributed by atoms with E-state index in [1.165, 1.54) is 6.33 Å². The maximum absolute atomic E-state index is 11.6. The second-order valence-electron chi connectivity index (χ2n) is 3.30. The van der Waals surface area contributed by atoms with Crippen molar-refractivity contribution in [3.05, 3.63) is 35.5 Å². The number of hydrogen-bond acceptors (Lipinski definition) is 4. The molecule has 17 heavy (non-hydrogen) atoms. The quantitative estimate of drug-likeness (QED) is 0.867. The predicted molar refractivity (Wildman–Crippen MR) is 65.2 cm³/mol. The van der Waals surface area contributed by atoms with E-state index in [4.69, 9.17) is 0 Å². The van der Waals surface area contributed by atoms with E-state index in [0.29, 0.717) is 23.4 Å². The fraction of sp³-hybridized carbons (Fsp3) is 0.200. The Bertz CT molecular complexity index is 499. The molecule has 2 heterocycles. The number of carbonyl (C=O) groups excluding carboxylic acids is 1. The van der Waals surface area contributed by atoms with Gasteiger partial charge in [0.15, 0.2) is 0 Å². The molecule has 0 aliphatic rings. The monoisotopic (exact) mass is 295 g/mol. The molecule has 6 nitrogen and oxygen atoms in total. The molecule has 2 aromatic heterocycles. The van der Waals surface area contributed by atoms with E-state index in [2.05, 4.69) is 36.3 Å². The number of hydrogen-bond donors (Lipinski definition) is 1. The molecule has 7 heteroatoms. The fourth-order valence-electron chi connectivity index (χ4n) is 1.25. The van der Waals surface area contributed by atoms with E-state index in [-0.39, 0.29) is 5.91 Å². The Balaban J connectivity index is 1.85. The molecule has 0 saturated carbocycles. The highest BCUT2D eigenvalue weighted by atomic mass is 79.9. The van der Waals surface area contributed by atoms with Crippen molar-refractivity contribution in [2.75, 3.05) is 5.32 Å². The van der Waals surface area contributed by atoms with Gasteiger partial charge in [-0.1, -0.05) is 6.07 Å². The lowest BCUT2D eigenvalue weighted by Gasteiger charge is -2.04. The van der Waals surface area contributed by atoms with Crippen LogP contribution in [-0.2, 0) is 11.3 Å². The van der Waals surface area contributed by atoms with Crippen LogP contribution in [0, 0.1) is 0 Å². The molecule has 2 rings (SSSR count). The van der Waals surface area contributed by atoms with E-state index in [0.717, 1.165) is 0 Å². The summed E-state index contributed by atoms with van der Waals surface area (Å²) in [7, 11) is 0. The van der Waals surface area contributed by atoms with Crippen LogP contribution in [0.2, 0.25) is 0 Å². The molecule has 0 aliphatic carbocycles. The summed E-state index contributed by atoms with van der Waals surface area (Å²) in [5, 5.41) is 6.62. The first-order valence-corrected chi connectivity index (χ1v) is 5.78. The molecule has 1 amide bonds. The number of anilines is 1. The molecule has 0 fully saturated rings. The summed E-state index contributed by atoms with van der Waals surface area (Å²) in [5.74, 6) is 0.425. The van der Waals surface area contributed by atoms with Gasteiger partial charge in [0.1, 0.15) is 23.1 Å². The van der Waals surface area contributed by atoms with Crippen molar-refractivity contribution in [3.8, 4) is 0 Å². The first-order valence-electron chi connectivity index (χ1n) is 4.99. The van der Waals surface area contributed by atoms with Crippen molar-refractivity contribution in [2.45, 2.75) is 13.0 Å². The first kappa shape index (κ1) is 11.7. The van der Waals surface area contributed by atoms with Crippen LogP contribution in [0.5, 0.6) is 0 Å². The van der Waals surface area contributed by atoms with Gasteiger partial charge >= 0.3 is 0 Å². The second kappa shape index (κ2) is 5.53. The smallest absolute Gasteiger partial charge is 0.227 e. The normalized spacial score (nSPS) is 10.2. The summed E-state index contributed by atoms with van der Waals surface area (Å²) in [6, 6.07) is 5.34. The molecule has 88 valence electrons. The van der Waals surface area contributed by atoms with E-state index in [1.807, 2.05) is 6.07 Å². The standard InChI is InChI=1S/C10H10BrN5O/c11-8-2-1-3-9(14-8)15-10(17)4-5-16-7-12-6-13-16/h1-3,6-7H,4-5H2,(H,14,15,17). The average Bonchev–Trinajstić information content (AvgIpc) is 2.79. The summed E-state index contributed by atoms with van der Waals surface area (Å²) in [5.41, 5.74) is 0. The maximum atomic E-state index is 11.6. The van der Waals surface area contributed by atoms with Gasteiger partial charge in [-0.25, -0.2) is 9.97 Å². The van der Waals surface area contributed by atoms with Gasteiger partial charge in [0.25, 0.3) is 0 Å². The Labute approximate surface area is 106 Å². The number of nitrogens with one attached hydrogen (secondary N) is 1. The SMILES string of the molecule is O=C(CCn1cncn1)Nc1cccc(Br)n1. The van der Waals surface area contributed by atoms with Crippen molar-refractivity contribution in [2.24, 2.45) is 0 Å². The zero-order valence-electron chi connectivity index (χ0n) is 8.88. The van der Waals surface area contributed by atoms with Crippen molar-refractivity contribution >= 4 is 27.7 Å². The minimum absolute atomic E-state index is 0.105. The van der Waals surface area contributed by atoms with Crippen molar-refractivity contribution in [3.63, 3.8) is 0 Å². The molecule has 0 aromatic carbocycles. The summed E-state index contributed by atoms with van der Waals surface area (Å²) >= 11 is 3.24. The Kier molecular flexibility index (Phi) is 3.81. The molecule has 1 N–H and O–H groups in total. The molecule has 0 aliphatic heterocycles. The van der Waals surface area contributed by atoms with Gasteiger partial charge < -0.3 is 5.32 Å². The Hall–Kier alpha value is -1.76. The highest BCUT2D eigenvalue weighted by Gasteiger charge is 2.04. The van der Waals surface area contributed by atoms with Gasteiger partial charge in [0.2, 0.25) is 5.91 Å². The fourth-order valence-corrected chi connectivity index (χ4v) is 1.59. The number of halogens is 1. The highest BCUT2D eigenvalue weighted by Crippen LogP contribution is 2.10. The van der Waals surface area contributed by atoms with E-state index in [9.17, 15) is 4.79 Å². The molecule has 0 saturated heterocycles. The van der Waals surface area contributed by atoms with Crippen LogP contribution in [0.15, 0.2) is 35.5 Å². The largest absolute Gasteiger partial charge is 0.311 e. The van der Waals surface area contributed by atoms with Crippen LogP contribution in [0.4, 0.5) is 5.82 Å². The van der Waals surface area contributed by atoms with Crippen LogP contribution in [0.1, 0.15) is 6.42 Å². The Morgan fingerprint density at radius 1 is 1.47 bits per heavy atom. The summed E-state index contributed by atoms with van der Waals surface area (Å²) < 4.78 is 2.29. The number of amides is 1. The minimum atomic E-state index is -0.105. The third kappa shape index (κ3) is 3.63. The molecule has 0 unspecified atom stereocenters. The lowest BCUT2D eigenvalue weighted by atomic mass is 10.4. The molecule has 2 aromatic rings. The van der Waals surface area contributed by atoms with E-state index in [1.54, 1.807) is 23.1 Å². The third-order valence-electron chi connectivity index (χ3n) is 2.02. The topological polar surface area (TPSA) is 72.7 Å². The summed E-state index contributed by atoms with van der Waals surface area (Å²) in [6.45, 7) is 0.500. The Morgan fingerprint density at radius 3 is 3.06 bits per heavy atom. The van der Waals surface area contributed by atoms with Crippen LogP contribution < -0.4 is 5.32 Å².